The van der Waals surface area contributed by atoms with Crippen LogP contribution in [0.1, 0.15) is 36.2 Å². The van der Waals surface area contributed by atoms with Gasteiger partial charge in [-0.3, -0.25) is 4.79 Å². The van der Waals surface area contributed by atoms with Crippen LogP contribution in [0.5, 0.6) is 0 Å². The van der Waals surface area contributed by atoms with Crippen LogP contribution in [0.3, 0.4) is 0 Å². The maximum absolute atomic E-state index is 12.2. The monoisotopic (exact) mass is 265 g/mol. The van der Waals surface area contributed by atoms with Crippen molar-refractivity contribution in [2.45, 2.75) is 32.4 Å². The summed E-state index contributed by atoms with van der Waals surface area (Å²) in [4.78, 5) is 23.4. The molecule has 0 bridgehead atoms. The van der Waals surface area contributed by atoms with Crippen LogP contribution in [0, 0.1) is 0 Å². The molecule has 0 radical (unpaired) electrons. The Hall–Kier alpha value is -1.88. The summed E-state index contributed by atoms with van der Waals surface area (Å²) in [5, 5.41) is 11.7. The molecule has 1 aromatic rings. The van der Waals surface area contributed by atoms with Crippen molar-refractivity contribution in [3.8, 4) is 0 Å². The van der Waals surface area contributed by atoms with E-state index in [1.54, 1.807) is 38.3 Å². The largest absolute Gasteiger partial charge is 0.480 e. The van der Waals surface area contributed by atoms with Crippen molar-refractivity contribution in [3.63, 3.8) is 0 Å². The van der Waals surface area contributed by atoms with Gasteiger partial charge in [0.1, 0.15) is 5.54 Å². The third-order valence-corrected chi connectivity index (χ3v) is 3.13. The molecule has 104 valence electrons. The van der Waals surface area contributed by atoms with Crippen LogP contribution in [0.25, 0.3) is 0 Å². The molecule has 1 aromatic carbocycles. The molecule has 1 atom stereocenters. The zero-order valence-corrected chi connectivity index (χ0v) is 11.4. The molecule has 19 heavy (non-hydrogen) atoms. The number of rotatable bonds is 6. The predicted molar refractivity (Wildman–Crippen MR) is 71.0 cm³/mol. The Morgan fingerprint density at radius 1 is 1.37 bits per heavy atom. The van der Waals surface area contributed by atoms with E-state index in [0.717, 1.165) is 5.56 Å². The van der Waals surface area contributed by atoms with Gasteiger partial charge in [0, 0.05) is 12.7 Å². The fourth-order valence-electron chi connectivity index (χ4n) is 1.63. The Bertz CT molecular complexity index is 472. The fourth-order valence-corrected chi connectivity index (χ4v) is 1.63. The Morgan fingerprint density at radius 2 is 2.00 bits per heavy atom. The number of benzene rings is 1. The van der Waals surface area contributed by atoms with Crippen LogP contribution >= 0.6 is 0 Å². The lowest BCUT2D eigenvalue weighted by Gasteiger charge is -2.25. The highest BCUT2D eigenvalue weighted by atomic mass is 16.5. The number of amides is 1. The number of ether oxygens (including phenoxy) is 1. The summed E-state index contributed by atoms with van der Waals surface area (Å²) in [6, 6.07) is 6.98. The topological polar surface area (TPSA) is 75.6 Å². The highest BCUT2D eigenvalue weighted by molar-refractivity contribution is 5.98. The maximum Gasteiger partial charge on any atom is 0.329 e. The lowest BCUT2D eigenvalue weighted by Crippen LogP contribution is -2.51. The van der Waals surface area contributed by atoms with Crippen LogP contribution in [-0.2, 0) is 16.1 Å². The van der Waals surface area contributed by atoms with Gasteiger partial charge in [0.15, 0.2) is 0 Å². The molecule has 0 spiro atoms. The molecule has 2 N–H and O–H groups in total. The summed E-state index contributed by atoms with van der Waals surface area (Å²) in [7, 11) is 1.54. The van der Waals surface area contributed by atoms with Gasteiger partial charge in [-0.2, -0.15) is 0 Å². The average molecular weight is 265 g/mol. The molecular weight excluding hydrogens is 246 g/mol. The smallest absolute Gasteiger partial charge is 0.329 e. The van der Waals surface area contributed by atoms with Gasteiger partial charge in [-0.15, -0.1) is 0 Å². The first-order chi connectivity index (χ1) is 8.94. The minimum absolute atomic E-state index is 0.305. The summed E-state index contributed by atoms with van der Waals surface area (Å²) >= 11 is 0. The van der Waals surface area contributed by atoms with Crippen molar-refractivity contribution < 1.29 is 19.4 Å². The van der Waals surface area contributed by atoms with E-state index in [9.17, 15) is 9.59 Å². The van der Waals surface area contributed by atoms with E-state index in [0.29, 0.717) is 18.6 Å². The SMILES string of the molecule is CCC(C)(NC(=O)c1ccccc1COC)C(=O)O. The van der Waals surface area contributed by atoms with Crippen molar-refractivity contribution in [2.24, 2.45) is 0 Å². The molecule has 1 rings (SSSR count). The van der Waals surface area contributed by atoms with Gasteiger partial charge >= 0.3 is 5.97 Å². The van der Waals surface area contributed by atoms with Crippen molar-refractivity contribution in [1.29, 1.82) is 0 Å². The Labute approximate surface area is 112 Å². The molecule has 0 fully saturated rings. The van der Waals surface area contributed by atoms with Crippen LogP contribution in [0.15, 0.2) is 24.3 Å². The van der Waals surface area contributed by atoms with Gasteiger partial charge in [0.2, 0.25) is 0 Å². The van der Waals surface area contributed by atoms with Crippen molar-refractivity contribution in [3.05, 3.63) is 35.4 Å². The second kappa shape index (κ2) is 6.33. The molecule has 0 heterocycles. The first-order valence-corrected chi connectivity index (χ1v) is 6.07. The number of carboxylic acid groups (broad SMARTS) is 1. The lowest BCUT2D eigenvalue weighted by molar-refractivity contribution is -0.143. The molecule has 5 nitrogen and oxygen atoms in total. The summed E-state index contributed by atoms with van der Waals surface area (Å²) < 4.78 is 5.03. The molecule has 5 heteroatoms. The number of aliphatic carboxylic acids is 1. The first-order valence-electron chi connectivity index (χ1n) is 6.07. The van der Waals surface area contributed by atoms with Crippen molar-refractivity contribution >= 4 is 11.9 Å². The summed E-state index contributed by atoms with van der Waals surface area (Å²) in [5.41, 5.74) is -0.103. The molecule has 1 unspecified atom stereocenters. The van der Waals surface area contributed by atoms with Gasteiger partial charge < -0.3 is 15.2 Å². The number of hydrogen-bond acceptors (Lipinski definition) is 3. The molecule has 0 saturated carbocycles. The number of carbonyl (C=O) groups excluding carboxylic acids is 1. The average Bonchev–Trinajstić information content (AvgIpc) is 2.39. The molecule has 0 aliphatic heterocycles. The quantitative estimate of drug-likeness (QED) is 0.822. The Kier molecular flexibility index (Phi) is 5.06. The number of carbonyl (C=O) groups is 2. The summed E-state index contributed by atoms with van der Waals surface area (Å²) in [6.07, 6.45) is 0.306. The van der Waals surface area contributed by atoms with Crippen molar-refractivity contribution in [1.82, 2.24) is 5.32 Å². The fraction of sp³-hybridized carbons (Fsp3) is 0.429. The number of nitrogens with one attached hydrogen (secondary N) is 1. The third kappa shape index (κ3) is 3.54. The van der Waals surface area contributed by atoms with Crippen molar-refractivity contribution in [2.75, 3.05) is 7.11 Å². The van der Waals surface area contributed by atoms with E-state index in [2.05, 4.69) is 5.32 Å². The highest BCUT2D eigenvalue weighted by Crippen LogP contribution is 2.14. The second-order valence-corrected chi connectivity index (χ2v) is 4.54. The predicted octanol–water partition coefficient (Wildman–Crippen LogP) is 1.82. The Balaban J connectivity index is 2.98. The normalized spacial score (nSPS) is 13.6. The lowest BCUT2D eigenvalue weighted by atomic mass is 9.97. The standard InChI is InChI=1S/C14H19NO4/c1-4-14(2,13(17)18)15-12(16)11-8-6-5-7-10(11)9-19-3/h5-8H,4,9H2,1-3H3,(H,15,16)(H,17,18). The molecular formula is C14H19NO4. The first kappa shape index (κ1) is 15.2. The van der Waals surface area contributed by atoms with Crippen LogP contribution in [-0.4, -0.2) is 29.6 Å². The number of carboxylic acids is 1. The van der Waals surface area contributed by atoms with E-state index in [-0.39, 0.29) is 0 Å². The van der Waals surface area contributed by atoms with E-state index < -0.39 is 17.4 Å². The maximum atomic E-state index is 12.2. The van der Waals surface area contributed by atoms with Gasteiger partial charge in [-0.1, -0.05) is 25.1 Å². The Morgan fingerprint density at radius 3 is 2.53 bits per heavy atom. The zero-order chi connectivity index (χ0) is 14.5. The number of hydrogen-bond donors (Lipinski definition) is 2. The number of methoxy groups -OCH3 is 1. The van der Waals surface area contributed by atoms with E-state index in [1.807, 2.05) is 0 Å². The van der Waals surface area contributed by atoms with Gasteiger partial charge in [0.25, 0.3) is 5.91 Å². The minimum Gasteiger partial charge on any atom is -0.480 e. The van der Waals surface area contributed by atoms with E-state index in [4.69, 9.17) is 9.84 Å². The minimum atomic E-state index is -1.27. The van der Waals surface area contributed by atoms with Gasteiger partial charge in [0.05, 0.1) is 6.61 Å². The van der Waals surface area contributed by atoms with Crippen LogP contribution in [0.2, 0.25) is 0 Å². The zero-order valence-electron chi connectivity index (χ0n) is 11.4. The summed E-state index contributed by atoms with van der Waals surface area (Å²) in [6.45, 7) is 3.52. The van der Waals surface area contributed by atoms with Crippen LogP contribution < -0.4 is 5.32 Å². The van der Waals surface area contributed by atoms with E-state index >= 15 is 0 Å². The van der Waals surface area contributed by atoms with Gasteiger partial charge in [-0.05, 0) is 25.0 Å². The third-order valence-electron chi connectivity index (χ3n) is 3.13. The molecule has 1 amide bonds. The molecule has 0 aromatic heterocycles. The molecule has 0 aliphatic carbocycles. The molecule has 0 aliphatic rings. The second-order valence-electron chi connectivity index (χ2n) is 4.54. The van der Waals surface area contributed by atoms with Crippen LogP contribution in [0.4, 0.5) is 0 Å². The highest BCUT2D eigenvalue weighted by Gasteiger charge is 2.33. The molecule has 0 saturated heterocycles. The summed E-state index contributed by atoms with van der Waals surface area (Å²) in [5.74, 6) is -1.45. The van der Waals surface area contributed by atoms with Gasteiger partial charge in [-0.25, -0.2) is 4.79 Å². The van der Waals surface area contributed by atoms with E-state index in [1.165, 1.54) is 6.92 Å².